The maximum absolute atomic E-state index is 2.60. The molecule has 0 spiro atoms. The molecular weight excluding hydrogens is 196 g/mol. The summed E-state index contributed by atoms with van der Waals surface area (Å²) < 4.78 is 0. The van der Waals surface area contributed by atoms with Crippen molar-refractivity contribution in [2.45, 2.75) is 89.4 Å². The van der Waals surface area contributed by atoms with Crippen molar-refractivity contribution in [2.75, 3.05) is 0 Å². The Balaban J connectivity index is 2.24. The van der Waals surface area contributed by atoms with E-state index in [1.54, 1.807) is 12.1 Å². The summed E-state index contributed by atoms with van der Waals surface area (Å²) >= 11 is 0. The summed E-state index contributed by atoms with van der Waals surface area (Å²) in [7, 11) is -0.783. The zero-order chi connectivity index (χ0) is 11.0. The average molecular weight is 226 g/mol. The van der Waals surface area contributed by atoms with E-state index in [1.165, 1.54) is 64.2 Å². The predicted molar refractivity (Wildman–Crippen MR) is 73.3 cm³/mol. The molecule has 1 aliphatic heterocycles. The molecule has 15 heavy (non-hydrogen) atoms. The van der Waals surface area contributed by atoms with E-state index in [1.807, 2.05) is 0 Å². The van der Waals surface area contributed by atoms with Crippen LogP contribution in [0.25, 0.3) is 0 Å². The molecule has 0 nitrogen and oxygen atoms in total. The molecule has 1 rings (SSSR count). The third-order valence-electron chi connectivity index (χ3n) is 3.96. The Bertz CT molecular complexity index is 135. The van der Waals surface area contributed by atoms with Crippen LogP contribution in [0.4, 0.5) is 0 Å². The Kier molecular flexibility index (Phi) is 6.63. The molecule has 1 fully saturated rings. The highest BCUT2D eigenvalue weighted by Gasteiger charge is 2.19. The Labute approximate surface area is 97.9 Å². The molecular formula is C14H30Si. The zero-order valence-electron chi connectivity index (χ0n) is 11.0. The highest BCUT2D eigenvalue weighted by atomic mass is 28.3. The monoisotopic (exact) mass is 226 g/mol. The first-order valence-corrected chi connectivity index (χ1v) is 10.6. The number of rotatable bonds is 0. The van der Waals surface area contributed by atoms with Crippen molar-refractivity contribution in [2.24, 2.45) is 0 Å². The second-order valence-corrected chi connectivity index (χ2v) is 11.5. The summed E-state index contributed by atoms with van der Waals surface area (Å²) in [5.41, 5.74) is 0. The minimum atomic E-state index is -0.783. The minimum Gasteiger partial charge on any atom is -0.0693 e. The second kappa shape index (κ2) is 7.48. The van der Waals surface area contributed by atoms with E-state index in [2.05, 4.69) is 13.1 Å². The van der Waals surface area contributed by atoms with Gasteiger partial charge in [0.1, 0.15) is 0 Å². The van der Waals surface area contributed by atoms with E-state index in [0.717, 1.165) is 0 Å². The van der Waals surface area contributed by atoms with Crippen LogP contribution in [0.3, 0.4) is 0 Å². The van der Waals surface area contributed by atoms with Crippen LogP contribution in [-0.4, -0.2) is 8.07 Å². The lowest BCUT2D eigenvalue weighted by Crippen LogP contribution is -2.24. The Morgan fingerprint density at radius 1 is 0.467 bits per heavy atom. The fraction of sp³-hybridized carbons (Fsp3) is 1.00. The molecule has 90 valence electrons. The fourth-order valence-corrected chi connectivity index (χ4v) is 5.41. The molecule has 1 aliphatic rings. The predicted octanol–water partition coefficient (Wildman–Crippen LogP) is 5.61. The average Bonchev–Trinajstić information content (AvgIpc) is 2.20. The molecule has 0 aliphatic carbocycles. The van der Waals surface area contributed by atoms with Crippen LogP contribution < -0.4 is 0 Å². The molecule has 0 saturated carbocycles. The van der Waals surface area contributed by atoms with Gasteiger partial charge in [-0.1, -0.05) is 89.4 Å². The molecule has 0 aromatic rings. The lowest BCUT2D eigenvalue weighted by molar-refractivity contribution is 0.565. The largest absolute Gasteiger partial charge is 0.0693 e. The first kappa shape index (κ1) is 13.3. The number of hydrogen-bond acceptors (Lipinski definition) is 0. The normalized spacial score (nSPS) is 26.0. The molecule has 0 aromatic heterocycles. The van der Waals surface area contributed by atoms with Gasteiger partial charge in [0, 0.05) is 8.07 Å². The van der Waals surface area contributed by atoms with Crippen molar-refractivity contribution in [3.05, 3.63) is 0 Å². The highest BCUT2D eigenvalue weighted by molar-refractivity contribution is 6.77. The van der Waals surface area contributed by atoms with Crippen LogP contribution in [0, 0.1) is 0 Å². The summed E-state index contributed by atoms with van der Waals surface area (Å²) in [5.74, 6) is 0. The summed E-state index contributed by atoms with van der Waals surface area (Å²) in [6.45, 7) is 5.21. The van der Waals surface area contributed by atoms with Gasteiger partial charge in [0.25, 0.3) is 0 Å². The van der Waals surface area contributed by atoms with E-state index >= 15 is 0 Å². The van der Waals surface area contributed by atoms with Crippen LogP contribution in [0.15, 0.2) is 0 Å². The van der Waals surface area contributed by atoms with Crippen molar-refractivity contribution in [1.29, 1.82) is 0 Å². The van der Waals surface area contributed by atoms with Crippen molar-refractivity contribution in [1.82, 2.24) is 0 Å². The summed E-state index contributed by atoms with van der Waals surface area (Å²) in [6.07, 6.45) is 15.1. The quantitative estimate of drug-likeness (QED) is 0.471. The molecule has 0 N–H and O–H groups in total. The van der Waals surface area contributed by atoms with Gasteiger partial charge in [-0.05, 0) is 0 Å². The van der Waals surface area contributed by atoms with Gasteiger partial charge in [-0.2, -0.15) is 0 Å². The van der Waals surface area contributed by atoms with Gasteiger partial charge in [-0.3, -0.25) is 0 Å². The van der Waals surface area contributed by atoms with Crippen LogP contribution >= 0.6 is 0 Å². The Morgan fingerprint density at radius 2 is 0.733 bits per heavy atom. The van der Waals surface area contributed by atoms with Gasteiger partial charge >= 0.3 is 0 Å². The topological polar surface area (TPSA) is 0 Å². The van der Waals surface area contributed by atoms with Crippen molar-refractivity contribution < 1.29 is 0 Å². The van der Waals surface area contributed by atoms with Gasteiger partial charge in [-0.15, -0.1) is 0 Å². The van der Waals surface area contributed by atoms with Crippen molar-refractivity contribution in [3.8, 4) is 0 Å². The van der Waals surface area contributed by atoms with Gasteiger partial charge in [0.05, 0.1) is 0 Å². The molecule has 0 radical (unpaired) electrons. The van der Waals surface area contributed by atoms with E-state index in [9.17, 15) is 0 Å². The lowest BCUT2D eigenvalue weighted by atomic mass is 10.1. The molecule has 0 atom stereocenters. The van der Waals surface area contributed by atoms with Crippen molar-refractivity contribution in [3.63, 3.8) is 0 Å². The Morgan fingerprint density at radius 3 is 1.07 bits per heavy atom. The molecule has 0 aromatic carbocycles. The first-order chi connectivity index (χ1) is 7.21. The van der Waals surface area contributed by atoms with Gasteiger partial charge in [0.15, 0.2) is 0 Å². The van der Waals surface area contributed by atoms with Gasteiger partial charge < -0.3 is 0 Å². The molecule has 1 heteroatoms. The third kappa shape index (κ3) is 7.16. The summed E-state index contributed by atoms with van der Waals surface area (Å²) in [4.78, 5) is 0. The van der Waals surface area contributed by atoms with Crippen LogP contribution in [-0.2, 0) is 0 Å². The maximum atomic E-state index is 2.60. The van der Waals surface area contributed by atoms with Gasteiger partial charge in [-0.25, -0.2) is 0 Å². The lowest BCUT2D eigenvalue weighted by Gasteiger charge is -2.22. The SMILES string of the molecule is C[Si]1(C)CCCCCCCCCCCC1. The maximum Gasteiger partial charge on any atom is 0.0473 e. The smallest absolute Gasteiger partial charge is 0.0473 e. The molecule has 0 amide bonds. The first-order valence-electron chi connectivity index (χ1n) is 7.21. The van der Waals surface area contributed by atoms with Gasteiger partial charge in [0.2, 0.25) is 0 Å². The minimum absolute atomic E-state index is 0.783. The van der Waals surface area contributed by atoms with Crippen molar-refractivity contribution >= 4 is 8.07 Å². The molecule has 1 saturated heterocycles. The standard InChI is InChI=1S/C14H30Si/c1-15(2)13-11-9-7-5-3-4-6-8-10-12-14-15/h3-14H2,1-2H3. The fourth-order valence-electron chi connectivity index (χ4n) is 2.75. The molecule has 0 unspecified atom stereocenters. The highest BCUT2D eigenvalue weighted by Crippen LogP contribution is 2.24. The summed E-state index contributed by atoms with van der Waals surface area (Å²) in [5, 5.41) is 0. The number of hydrogen-bond donors (Lipinski definition) is 0. The zero-order valence-corrected chi connectivity index (χ0v) is 12.0. The van der Waals surface area contributed by atoms with E-state index in [4.69, 9.17) is 0 Å². The summed E-state index contributed by atoms with van der Waals surface area (Å²) in [6, 6.07) is 3.18. The third-order valence-corrected chi connectivity index (χ3v) is 7.37. The van der Waals surface area contributed by atoms with Crippen LogP contribution in [0.2, 0.25) is 25.2 Å². The van der Waals surface area contributed by atoms with Crippen LogP contribution in [0.1, 0.15) is 64.2 Å². The van der Waals surface area contributed by atoms with E-state index < -0.39 is 8.07 Å². The molecule has 0 bridgehead atoms. The van der Waals surface area contributed by atoms with E-state index in [0.29, 0.717) is 0 Å². The molecule has 1 heterocycles. The second-order valence-electron chi connectivity index (χ2n) is 6.20. The van der Waals surface area contributed by atoms with Crippen LogP contribution in [0.5, 0.6) is 0 Å². The van der Waals surface area contributed by atoms with E-state index in [-0.39, 0.29) is 0 Å². The Hall–Kier alpha value is 0.217.